The fourth-order valence-corrected chi connectivity index (χ4v) is 2.57. The molecule has 23 heavy (non-hydrogen) atoms. The molecular weight excluding hydrogens is 316 g/mol. The Hall–Kier alpha value is -2.53. The van der Waals surface area contributed by atoms with Crippen molar-refractivity contribution in [3.05, 3.63) is 53.6 Å². The molecule has 1 heterocycles. The number of anilines is 2. The van der Waals surface area contributed by atoms with Crippen LogP contribution in [0.4, 0.5) is 11.4 Å². The molecule has 0 fully saturated rings. The van der Waals surface area contributed by atoms with Crippen LogP contribution in [-0.2, 0) is 9.59 Å². The van der Waals surface area contributed by atoms with Crippen LogP contribution in [0, 0.1) is 0 Å². The standard InChI is InChI=1S/C17H15ClN2O3/c18-12-5-1-2-6-13(12)19-16(21)11-20-14-7-3-4-8-15(14)23-10-9-17(20)22/h1-8H,9-11H2,(H,19,21). The van der Waals surface area contributed by atoms with Crippen LogP contribution in [0.2, 0.25) is 5.02 Å². The van der Waals surface area contributed by atoms with Crippen LogP contribution in [0.5, 0.6) is 5.75 Å². The number of halogens is 1. The molecule has 0 saturated heterocycles. The monoisotopic (exact) mass is 330 g/mol. The van der Waals surface area contributed by atoms with Crippen LogP contribution in [0.15, 0.2) is 48.5 Å². The first-order chi connectivity index (χ1) is 11.1. The molecule has 0 spiro atoms. The number of nitrogens with zero attached hydrogens (tertiary/aromatic N) is 1. The minimum absolute atomic E-state index is 0.0928. The fourth-order valence-electron chi connectivity index (χ4n) is 2.39. The van der Waals surface area contributed by atoms with Crippen molar-refractivity contribution in [3.63, 3.8) is 0 Å². The number of ether oxygens (including phenoxy) is 1. The molecule has 0 radical (unpaired) electrons. The van der Waals surface area contributed by atoms with E-state index in [4.69, 9.17) is 16.3 Å². The summed E-state index contributed by atoms with van der Waals surface area (Å²) in [6.45, 7) is 0.211. The average Bonchev–Trinajstić information content (AvgIpc) is 2.70. The summed E-state index contributed by atoms with van der Waals surface area (Å²) in [7, 11) is 0. The number of fused-ring (bicyclic) bond motifs is 1. The van der Waals surface area contributed by atoms with Crippen molar-refractivity contribution in [1.82, 2.24) is 0 Å². The zero-order valence-corrected chi connectivity index (χ0v) is 13.0. The fraction of sp³-hybridized carbons (Fsp3) is 0.176. The van der Waals surface area contributed by atoms with Gasteiger partial charge in [-0.1, -0.05) is 35.9 Å². The third-order valence-electron chi connectivity index (χ3n) is 3.48. The van der Waals surface area contributed by atoms with Gasteiger partial charge in [-0.15, -0.1) is 0 Å². The van der Waals surface area contributed by atoms with Crippen molar-refractivity contribution in [2.75, 3.05) is 23.4 Å². The summed E-state index contributed by atoms with van der Waals surface area (Å²) in [6, 6.07) is 14.1. The highest BCUT2D eigenvalue weighted by atomic mass is 35.5. The maximum Gasteiger partial charge on any atom is 0.244 e. The van der Waals surface area contributed by atoms with Crippen LogP contribution in [0.25, 0.3) is 0 Å². The molecule has 2 aromatic carbocycles. The van der Waals surface area contributed by atoms with Gasteiger partial charge in [0.05, 0.1) is 29.4 Å². The summed E-state index contributed by atoms with van der Waals surface area (Å²) in [4.78, 5) is 26.0. The summed E-state index contributed by atoms with van der Waals surface area (Å²) in [6.07, 6.45) is 0.230. The molecule has 0 aromatic heterocycles. The largest absolute Gasteiger partial charge is 0.491 e. The van der Waals surface area contributed by atoms with Crippen molar-refractivity contribution >= 4 is 34.8 Å². The van der Waals surface area contributed by atoms with E-state index in [1.165, 1.54) is 4.90 Å². The Balaban J connectivity index is 1.79. The Morgan fingerprint density at radius 2 is 1.91 bits per heavy atom. The number of benzene rings is 2. The predicted octanol–water partition coefficient (Wildman–Crippen LogP) is 3.09. The van der Waals surface area contributed by atoms with Gasteiger partial charge in [-0.2, -0.15) is 0 Å². The highest BCUT2D eigenvalue weighted by Gasteiger charge is 2.25. The molecule has 118 valence electrons. The molecule has 0 unspecified atom stereocenters. The molecule has 5 nitrogen and oxygen atoms in total. The number of amides is 2. The number of para-hydroxylation sites is 3. The lowest BCUT2D eigenvalue weighted by Crippen LogP contribution is -2.37. The van der Waals surface area contributed by atoms with Crippen molar-refractivity contribution in [3.8, 4) is 5.75 Å². The highest BCUT2D eigenvalue weighted by molar-refractivity contribution is 6.33. The molecule has 6 heteroatoms. The molecule has 2 amide bonds. The van der Waals surface area contributed by atoms with E-state index in [1.807, 2.05) is 6.07 Å². The van der Waals surface area contributed by atoms with Gasteiger partial charge in [-0.05, 0) is 24.3 Å². The van der Waals surface area contributed by atoms with Crippen molar-refractivity contribution in [2.24, 2.45) is 0 Å². The number of hydrogen-bond acceptors (Lipinski definition) is 3. The summed E-state index contributed by atoms with van der Waals surface area (Å²) >= 11 is 6.03. The average molecular weight is 331 g/mol. The van der Waals surface area contributed by atoms with E-state index in [9.17, 15) is 9.59 Å². The summed E-state index contributed by atoms with van der Waals surface area (Å²) in [5, 5.41) is 3.17. The highest BCUT2D eigenvalue weighted by Crippen LogP contribution is 2.31. The lowest BCUT2D eigenvalue weighted by molar-refractivity contribution is -0.121. The van der Waals surface area contributed by atoms with E-state index in [-0.39, 0.29) is 24.8 Å². The second kappa shape index (κ2) is 6.71. The normalized spacial score (nSPS) is 13.8. The first-order valence-electron chi connectivity index (χ1n) is 7.22. The van der Waals surface area contributed by atoms with Gasteiger partial charge < -0.3 is 10.1 Å². The first-order valence-corrected chi connectivity index (χ1v) is 7.59. The minimum atomic E-state index is -0.317. The Labute approximate surface area is 138 Å². The van der Waals surface area contributed by atoms with Gasteiger partial charge in [0.2, 0.25) is 11.8 Å². The third-order valence-corrected chi connectivity index (χ3v) is 3.81. The number of carbonyl (C=O) groups excluding carboxylic acids is 2. The van der Waals surface area contributed by atoms with E-state index < -0.39 is 0 Å². The maximum atomic E-state index is 12.3. The zero-order valence-electron chi connectivity index (χ0n) is 12.3. The lowest BCUT2D eigenvalue weighted by atomic mass is 10.2. The van der Waals surface area contributed by atoms with Gasteiger partial charge in [0, 0.05) is 0 Å². The Kier molecular flexibility index (Phi) is 4.48. The molecule has 1 aliphatic rings. The lowest BCUT2D eigenvalue weighted by Gasteiger charge is -2.21. The maximum absolute atomic E-state index is 12.3. The van der Waals surface area contributed by atoms with Gasteiger partial charge in [-0.3, -0.25) is 14.5 Å². The summed E-state index contributed by atoms with van der Waals surface area (Å²) in [5.41, 5.74) is 1.12. The third kappa shape index (κ3) is 3.46. The summed E-state index contributed by atoms with van der Waals surface area (Å²) < 4.78 is 5.55. The van der Waals surface area contributed by atoms with E-state index in [0.29, 0.717) is 28.8 Å². The molecule has 1 aliphatic heterocycles. The van der Waals surface area contributed by atoms with Gasteiger partial charge in [0.15, 0.2) is 0 Å². The summed E-state index contributed by atoms with van der Waals surface area (Å²) in [5.74, 6) is 0.135. The quantitative estimate of drug-likeness (QED) is 0.940. The second-order valence-corrected chi connectivity index (χ2v) is 5.48. The second-order valence-electron chi connectivity index (χ2n) is 5.07. The smallest absolute Gasteiger partial charge is 0.244 e. The van der Waals surface area contributed by atoms with E-state index in [1.54, 1.807) is 42.5 Å². The van der Waals surface area contributed by atoms with Crippen molar-refractivity contribution in [2.45, 2.75) is 6.42 Å². The van der Waals surface area contributed by atoms with Crippen LogP contribution < -0.4 is 15.0 Å². The number of nitrogens with one attached hydrogen (secondary N) is 1. The Morgan fingerprint density at radius 3 is 2.74 bits per heavy atom. The van der Waals surface area contributed by atoms with Crippen LogP contribution >= 0.6 is 11.6 Å². The van der Waals surface area contributed by atoms with Crippen LogP contribution in [-0.4, -0.2) is 25.0 Å². The molecule has 2 aromatic rings. The minimum Gasteiger partial charge on any atom is -0.491 e. The number of rotatable bonds is 3. The van der Waals surface area contributed by atoms with Gasteiger partial charge in [0.25, 0.3) is 0 Å². The molecule has 3 rings (SSSR count). The molecule has 1 N–H and O–H groups in total. The molecule has 0 saturated carbocycles. The Morgan fingerprint density at radius 1 is 1.17 bits per heavy atom. The molecule has 0 atom stereocenters. The Bertz CT molecular complexity index is 748. The van der Waals surface area contributed by atoms with Crippen LogP contribution in [0.3, 0.4) is 0 Å². The van der Waals surface area contributed by atoms with Gasteiger partial charge >= 0.3 is 0 Å². The van der Waals surface area contributed by atoms with Crippen molar-refractivity contribution < 1.29 is 14.3 Å². The van der Waals surface area contributed by atoms with Gasteiger partial charge in [-0.25, -0.2) is 0 Å². The van der Waals surface area contributed by atoms with Gasteiger partial charge in [0.1, 0.15) is 12.3 Å². The molecular formula is C17H15ClN2O3. The number of carbonyl (C=O) groups is 2. The van der Waals surface area contributed by atoms with E-state index >= 15 is 0 Å². The van der Waals surface area contributed by atoms with Crippen LogP contribution in [0.1, 0.15) is 6.42 Å². The zero-order chi connectivity index (χ0) is 16.2. The van der Waals surface area contributed by atoms with E-state index in [2.05, 4.69) is 5.32 Å². The first kappa shape index (κ1) is 15.4. The molecule has 0 bridgehead atoms. The number of hydrogen-bond donors (Lipinski definition) is 1. The van der Waals surface area contributed by atoms with Crippen molar-refractivity contribution in [1.29, 1.82) is 0 Å². The topological polar surface area (TPSA) is 58.6 Å². The van der Waals surface area contributed by atoms with E-state index in [0.717, 1.165) is 0 Å². The predicted molar refractivity (Wildman–Crippen MR) is 89.0 cm³/mol. The molecule has 0 aliphatic carbocycles. The SMILES string of the molecule is O=C(CN1C(=O)CCOc2ccccc21)Nc1ccccc1Cl.